The third-order valence-corrected chi connectivity index (χ3v) is 2.78. The summed E-state index contributed by atoms with van der Waals surface area (Å²) in [6.07, 6.45) is 1.45. The van der Waals surface area contributed by atoms with E-state index in [4.69, 9.17) is 29.0 Å². The van der Waals surface area contributed by atoms with Crippen molar-refractivity contribution in [2.45, 2.75) is 0 Å². The summed E-state index contributed by atoms with van der Waals surface area (Å²) in [4.78, 5) is 0. The van der Waals surface area contributed by atoms with Crippen molar-refractivity contribution in [2.75, 3.05) is 0 Å². The number of nitrogens with zero attached hydrogens (tertiary/aromatic N) is 1. The summed E-state index contributed by atoms with van der Waals surface area (Å²) in [6.45, 7) is 0. The second-order valence-electron chi connectivity index (χ2n) is 2.07. The highest BCUT2D eigenvalue weighted by Gasteiger charge is 2.02. The van der Waals surface area contributed by atoms with Crippen LogP contribution in [0.3, 0.4) is 0 Å². The molecule has 2 nitrogen and oxygen atoms in total. The van der Waals surface area contributed by atoms with Gasteiger partial charge in [-0.2, -0.15) is 5.10 Å². The zero-order valence-corrected chi connectivity index (χ0v) is 8.99. The lowest BCUT2D eigenvalue weighted by molar-refractivity contribution is 1.26. The van der Waals surface area contributed by atoms with Crippen LogP contribution in [0.5, 0.6) is 0 Å². The maximum atomic E-state index is 5.84. The standard InChI is InChI=1S/C7H5BrCl2N2/c8-5-2-6(9)4(3-12-11)1-7(5)10/h1-3H,11H2. The van der Waals surface area contributed by atoms with Crippen LogP contribution >= 0.6 is 39.1 Å². The molecule has 0 atom stereocenters. The van der Waals surface area contributed by atoms with Gasteiger partial charge in [-0.25, -0.2) is 0 Å². The lowest BCUT2D eigenvalue weighted by Crippen LogP contribution is -1.88. The van der Waals surface area contributed by atoms with Gasteiger partial charge in [-0.3, -0.25) is 0 Å². The summed E-state index contributed by atoms with van der Waals surface area (Å²) in [6, 6.07) is 3.38. The normalized spacial score (nSPS) is 10.9. The van der Waals surface area contributed by atoms with Gasteiger partial charge in [0.25, 0.3) is 0 Å². The van der Waals surface area contributed by atoms with Gasteiger partial charge in [-0.05, 0) is 28.1 Å². The van der Waals surface area contributed by atoms with Crippen molar-refractivity contribution in [3.05, 3.63) is 32.2 Å². The van der Waals surface area contributed by atoms with E-state index in [0.29, 0.717) is 15.6 Å². The van der Waals surface area contributed by atoms with Crippen LogP contribution in [0.1, 0.15) is 5.56 Å². The monoisotopic (exact) mass is 266 g/mol. The quantitative estimate of drug-likeness (QED) is 0.361. The van der Waals surface area contributed by atoms with Crippen LogP contribution in [-0.2, 0) is 0 Å². The van der Waals surface area contributed by atoms with Crippen LogP contribution in [0.15, 0.2) is 21.7 Å². The highest BCUT2D eigenvalue weighted by atomic mass is 79.9. The Hall–Kier alpha value is -0.250. The van der Waals surface area contributed by atoms with E-state index in [-0.39, 0.29) is 0 Å². The van der Waals surface area contributed by atoms with Crippen molar-refractivity contribution in [3.63, 3.8) is 0 Å². The minimum absolute atomic E-state index is 0.556. The summed E-state index contributed by atoms with van der Waals surface area (Å²) in [7, 11) is 0. The van der Waals surface area contributed by atoms with Crippen molar-refractivity contribution < 1.29 is 0 Å². The maximum absolute atomic E-state index is 5.84. The number of nitrogens with two attached hydrogens (primary N) is 1. The van der Waals surface area contributed by atoms with Crippen LogP contribution in [0.2, 0.25) is 10.0 Å². The zero-order valence-electron chi connectivity index (χ0n) is 5.89. The van der Waals surface area contributed by atoms with Crippen molar-refractivity contribution in [1.82, 2.24) is 0 Å². The number of halogens is 3. The van der Waals surface area contributed by atoms with Gasteiger partial charge in [0.15, 0.2) is 0 Å². The fourth-order valence-electron chi connectivity index (χ4n) is 0.717. The molecule has 0 saturated carbocycles. The van der Waals surface area contributed by atoms with Gasteiger partial charge >= 0.3 is 0 Å². The van der Waals surface area contributed by atoms with Gasteiger partial charge in [-0.1, -0.05) is 23.2 Å². The van der Waals surface area contributed by atoms with Gasteiger partial charge in [0.05, 0.1) is 16.3 Å². The van der Waals surface area contributed by atoms with Crippen molar-refractivity contribution in [1.29, 1.82) is 0 Å². The second kappa shape index (κ2) is 4.12. The van der Waals surface area contributed by atoms with E-state index in [2.05, 4.69) is 21.0 Å². The molecule has 64 valence electrons. The molecule has 1 rings (SSSR count). The highest BCUT2D eigenvalue weighted by Crippen LogP contribution is 2.28. The molecule has 1 aromatic carbocycles. The zero-order chi connectivity index (χ0) is 9.14. The molecule has 1 aromatic rings. The number of hydrogen-bond donors (Lipinski definition) is 1. The predicted octanol–water partition coefficient (Wildman–Crippen LogP) is 3.05. The Morgan fingerprint density at radius 1 is 1.33 bits per heavy atom. The maximum Gasteiger partial charge on any atom is 0.0555 e. The molecule has 0 radical (unpaired) electrons. The van der Waals surface area contributed by atoms with E-state index in [1.807, 2.05) is 0 Å². The SMILES string of the molecule is NN=Cc1cc(Cl)c(Br)cc1Cl. The fourth-order valence-corrected chi connectivity index (χ4v) is 1.58. The largest absolute Gasteiger partial charge is 0.323 e. The number of hydrazone groups is 1. The lowest BCUT2D eigenvalue weighted by Gasteiger charge is -2.00. The van der Waals surface area contributed by atoms with E-state index in [1.165, 1.54) is 6.21 Å². The minimum atomic E-state index is 0.556. The molecule has 0 aliphatic rings. The summed E-state index contributed by atoms with van der Waals surface area (Å²) in [5, 5.41) is 4.49. The fraction of sp³-hybridized carbons (Fsp3) is 0. The molecule has 5 heteroatoms. The molecule has 0 unspecified atom stereocenters. The van der Waals surface area contributed by atoms with Crippen LogP contribution in [0, 0.1) is 0 Å². The molecule has 12 heavy (non-hydrogen) atoms. The van der Waals surface area contributed by atoms with Gasteiger partial charge in [-0.15, -0.1) is 0 Å². The van der Waals surface area contributed by atoms with Gasteiger partial charge < -0.3 is 5.84 Å². The van der Waals surface area contributed by atoms with Crippen molar-refractivity contribution >= 4 is 45.3 Å². The first-order valence-corrected chi connectivity index (χ1v) is 4.58. The Bertz CT molecular complexity index is 325. The number of hydrogen-bond acceptors (Lipinski definition) is 2. The van der Waals surface area contributed by atoms with E-state index >= 15 is 0 Å². The van der Waals surface area contributed by atoms with Crippen molar-refractivity contribution in [2.24, 2.45) is 10.9 Å². The molecular weight excluding hydrogens is 263 g/mol. The Morgan fingerprint density at radius 2 is 2.00 bits per heavy atom. The summed E-state index contributed by atoms with van der Waals surface area (Å²) in [5.41, 5.74) is 0.701. The molecule has 0 fully saturated rings. The van der Waals surface area contributed by atoms with Crippen molar-refractivity contribution in [3.8, 4) is 0 Å². The molecule has 0 amide bonds. The molecule has 0 saturated heterocycles. The van der Waals surface area contributed by atoms with Crippen LogP contribution < -0.4 is 5.84 Å². The molecule has 0 aliphatic heterocycles. The van der Waals surface area contributed by atoms with E-state index in [0.717, 1.165) is 4.47 Å². The Morgan fingerprint density at radius 3 is 2.58 bits per heavy atom. The molecule has 0 aliphatic carbocycles. The topological polar surface area (TPSA) is 38.4 Å². The average molecular weight is 268 g/mol. The van der Waals surface area contributed by atoms with E-state index in [1.54, 1.807) is 12.1 Å². The van der Waals surface area contributed by atoms with E-state index in [9.17, 15) is 0 Å². The summed E-state index contributed by atoms with van der Waals surface area (Å²) >= 11 is 14.9. The summed E-state index contributed by atoms with van der Waals surface area (Å²) < 4.78 is 0.753. The molecular formula is C7H5BrCl2N2. The predicted molar refractivity (Wildman–Crippen MR) is 55.9 cm³/mol. The molecule has 0 bridgehead atoms. The molecule has 0 heterocycles. The number of rotatable bonds is 1. The Labute approximate surface area is 88.5 Å². The summed E-state index contributed by atoms with van der Waals surface area (Å²) in [5.74, 6) is 4.97. The molecule has 0 aromatic heterocycles. The van der Waals surface area contributed by atoms with E-state index < -0.39 is 0 Å². The van der Waals surface area contributed by atoms with Crippen LogP contribution in [-0.4, -0.2) is 6.21 Å². The molecule has 0 spiro atoms. The average Bonchev–Trinajstić information content (AvgIpc) is 2.01. The van der Waals surface area contributed by atoms with Gasteiger partial charge in [0.2, 0.25) is 0 Å². The first-order chi connectivity index (χ1) is 5.65. The minimum Gasteiger partial charge on any atom is -0.323 e. The van der Waals surface area contributed by atoms with Gasteiger partial charge in [0, 0.05) is 10.0 Å². The first-order valence-electron chi connectivity index (χ1n) is 3.03. The Balaban J connectivity index is 3.23. The third kappa shape index (κ3) is 2.12. The number of benzene rings is 1. The van der Waals surface area contributed by atoms with Crippen LogP contribution in [0.25, 0.3) is 0 Å². The first kappa shape index (κ1) is 9.84. The Kier molecular flexibility index (Phi) is 3.38. The van der Waals surface area contributed by atoms with Gasteiger partial charge in [0.1, 0.15) is 0 Å². The lowest BCUT2D eigenvalue weighted by atomic mass is 10.2. The molecule has 2 N–H and O–H groups in total. The second-order valence-corrected chi connectivity index (χ2v) is 3.73. The van der Waals surface area contributed by atoms with Crippen LogP contribution in [0.4, 0.5) is 0 Å². The third-order valence-electron chi connectivity index (χ3n) is 1.25. The smallest absolute Gasteiger partial charge is 0.0555 e. The highest BCUT2D eigenvalue weighted by molar-refractivity contribution is 9.10.